The number of hydrogen-bond acceptors (Lipinski definition) is 3. The van der Waals surface area contributed by atoms with E-state index in [2.05, 4.69) is 24.1 Å². The van der Waals surface area contributed by atoms with Crippen LogP contribution in [-0.2, 0) is 16.0 Å². The zero-order valence-corrected chi connectivity index (χ0v) is 13.1. The van der Waals surface area contributed by atoms with Crippen LogP contribution in [0.5, 0.6) is 0 Å². The molecule has 1 saturated heterocycles. The SMILES string of the molecule is COC[C@@H]1CN(C)CCN(C(=O)CCc2ccccc2)C1. The van der Waals surface area contributed by atoms with Crippen LogP contribution >= 0.6 is 0 Å². The average molecular weight is 290 g/mol. The van der Waals surface area contributed by atoms with E-state index in [0.717, 1.165) is 32.6 Å². The van der Waals surface area contributed by atoms with Crippen molar-refractivity contribution in [2.75, 3.05) is 46.9 Å². The molecule has 1 atom stereocenters. The number of carbonyl (C=O) groups excluding carboxylic acids is 1. The van der Waals surface area contributed by atoms with Crippen molar-refractivity contribution in [3.8, 4) is 0 Å². The van der Waals surface area contributed by atoms with E-state index >= 15 is 0 Å². The molecule has 1 heterocycles. The molecular weight excluding hydrogens is 264 g/mol. The summed E-state index contributed by atoms with van der Waals surface area (Å²) in [5, 5.41) is 0. The van der Waals surface area contributed by atoms with E-state index in [0.29, 0.717) is 18.9 Å². The summed E-state index contributed by atoms with van der Waals surface area (Å²) in [6, 6.07) is 10.2. The molecule has 0 saturated carbocycles. The number of amides is 1. The summed E-state index contributed by atoms with van der Waals surface area (Å²) in [4.78, 5) is 16.7. The van der Waals surface area contributed by atoms with Gasteiger partial charge in [0.2, 0.25) is 5.91 Å². The highest BCUT2D eigenvalue weighted by Gasteiger charge is 2.23. The van der Waals surface area contributed by atoms with Crippen LogP contribution in [0.15, 0.2) is 30.3 Å². The number of ether oxygens (including phenoxy) is 1. The highest BCUT2D eigenvalue weighted by molar-refractivity contribution is 5.76. The molecule has 1 aliphatic rings. The van der Waals surface area contributed by atoms with Crippen molar-refractivity contribution in [2.45, 2.75) is 12.8 Å². The van der Waals surface area contributed by atoms with Crippen molar-refractivity contribution in [1.29, 1.82) is 0 Å². The molecular formula is C17H26N2O2. The fourth-order valence-corrected chi connectivity index (χ4v) is 2.91. The Morgan fingerprint density at radius 3 is 2.71 bits per heavy atom. The first-order valence-electron chi connectivity index (χ1n) is 7.68. The van der Waals surface area contributed by atoms with Gasteiger partial charge in [-0.25, -0.2) is 0 Å². The highest BCUT2D eigenvalue weighted by atomic mass is 16.5. The molecule has 0 N–H and O–H groups in total. The summed E-state index contributed by atoms with van der Waals surface area (Å²) in [5.74, 6) is 0.665. The van der Waals surface area contributed by atoms with E-state index in [1.807, 2.05) is 23.1 Å². The molecule has 4 heteroatoms. The third-order valence-corrected chi connectivity index (χ3v) is 4.03. The molecule has 0 unspecified atom stereocenters. The minimum Gasteiger partial charge on any atom is -0.384 e. The number of aryl methyl sites for hydroxylation is 1. The van der Waals surface area contributed by atoms with Crippen LogP contribution in [0.25, 0.3) is 0 Å². The zero-order valence-electron chi connectivity index (χ0n) is 13.1. The van der Waals surface area contributed by atoms with Crippen LogP contribution in [0.4, 0.5) is 0 Å². The lowest BCUT2D eigenvalue weighted by atomic mass is 10.1. The van der Waals surface area contributed by atoms with Crippen LogP contribution in [0.2, 0.25) is 0 Å². The first-order chi connectivity index (χ1) is 10.2. The van der Waals surface area contributed by atoms with Gasteiger partial charge in [0.1, 0.15) is 0 Å². The van der Waals surface area contributed by atoms with Gasteiger partial charge in [-0.1, -0.05) is 30.3 Å². The normalized spacial score (nSPS) is 20.3. The third kappa shape index (κ3) is 5.14. The van der Waals surface area contributed by atoms with Gasteiger partial charge >= 0.3 is 0 Å². The van der Waals surface area contributed by atoms with Crippen LogP contribution in [0.1, 0.15) is 12.0 Å². The Labute approximate surface area is 127 Å². The number of hydrogen-bond donors (Lipinski definition) is 0. The summed E-state index contributed by atoms with van der Waals surface area (Å²) < 4.78 is 5.28. The quantitative estimate of drug-likeness (QED) is 0.827. The molecule has 0 aliphatic carbocycles. The van der Waals surface area contributed by atoms with Gasteiger partial charge in [-0.2, -0.15) is 0 Å². The smallest absolute Gasteiger partial charge is 0.222 e. The van der Waals surface area contributed by atoms with E-state index in [-0.39, 0.29) is 5.91 Å². The Morgan fingerprint density at radius 1 is 1.24 bits per heavy atom. The Morgan fingerprint density at radius 2 is 2.00 bits per heavy atom. The summed E-state index contributed by atoms with van der Waals surface area (Å²) in [6.45, 7) is 4.29. The Bertz CT molecular complexity index is 436. The Kier molecular flexibility index (Phi) is 6.21. The molecule has 0 spiro atoms. The van der Waals surface area contributed by atoms with E-state index in [1.54, 1.807) is 7.11 Å². The van der Waals surface area contributed by atoms with Crippen molar-refractivity contribution >= 4 is 5.91 Å². The lowest BCUT2D eigenvalue weighted by Crippen LogP contribution is -2.37. The Hall–Kier alpha value is -1.39. The number of methoxy groups -OCH3 is 1. The van der Waals surface area contributed by atoms with Crippen LogP contribution in [0, 0.1) is 5.92 Å². The van der Waals surface area contributed by atoms with E-state index in [9.17, 15) is 4.79 Å². The number of nitrogens with zero attached hydrogens (tertiary/aromatic N) is 2. The van der Waals surface area contributed by atoms with Gasteiger partial charge in [0.05, 0.1) is 6.61 Å². The number of carbonyl (C=O) groups is 1. The van der Waals surface area contributed by atoms with Gasteiger partial charge in [-0.05, 0) is 19.0 Å². The lowest BCUT2D eigenvalue weighted by molar-refractivity contribution is -0.131. The monoisotopic (exact) mass is 290 g/mol. The van der Waals surface area contributed by atoms with Gasteiger partial charge in [0.25, 0.3) is 0 Å². The summed E-state index contributed by atoms with van der Waals surface area (Å²) in [7, 11) is 3.84. The standard InChI is InChI=1S/C17H26N2O2/c1-18-10-11-19(13-16(12-18)14-21-2)17(20)9-8-15-6-4-3-5-7-15/h3-7,16H,8-14H2,1-2H3/t16-/m1/s1. The van der Waals surface area contributed by atoms with Crippen molar-refractivity contribution in [1.82, 2.24) is 9.80 Å². The first kappa shape index (κ1) is 16.0. The maximum atomic E-state index is 12.4. The van der Waals surface area contributed by atoms with Gasteiger partial charge in [-0.3, -0.25) is 4.79 Å². The van der Waals surface area contributed by atoms with Crippen molar-refractivity contribution < 1.29 is 9.53 Å². The number of rotatable bonds is 5. The van der Waals surface area contributed by atoms with Gasteiger partial charge < -0.3 is 14.5 Å². The van der Waals surface area contributed by atoms with Crippen LogP contribution in [0.3, 0.4) is 0 Å². The molecule has 21 heavy (non-hydrogen) atoms. The first-order valence-corrected chi connectivity index (χ1v) is 7.68. The number of benzene rings is 1. The minimum absolute atomic E-state index is 0.259. The van der Waals surface area contributed by atoms with Gasteiger partial charge in [-0.15, -0.1) is 0 Å². The molecule has 0 radical (unpaired) electrons. The molecule has 2 rings (SSSR count). The molecule has 4 nitrogen and oxygen atoms in total. The molecule has 0 bridgehead atoms. The van der Waals surface area contributed by atoms with Gasteiger partial charge in [0.15, 0.2) is 0 Å². The second-order valence-corrected chi connectivity index (χ2v) is 5.91. The van der Waals surface area contributed by atoms with Crippen LogP contribution in [-0.4, -0.2) is 62.7 Å². The second-order valence-electron chi connectivity index (χ2n) is 5.91. The predicted octanol–water partition coefficient (Wildman–Crippen LogP) is 1.66. The van der Waals surface area contributed by atoms with E-state index in [1.165, 1.54) is 5.56 Å². The third-order valence-electron chi connectivity index (χ3n) is 4.03. The van der Waals surface area contributed by atoms with Crippen molar-refractivity contribution in [3.63, 3.8) is 0 Å². The summed E-state index contributed by atoms with van der Waals surface area (Å²) in [5.41, 5.74) is 1.23. The van der Waals surface area contributed by atoms with Crippen LogP contribution < -0.4 is 0 Å². The Balaban J connectivity index is 1.88. The fraction of sp³-hybridized carbons (Fsp3) is 0.588. The fourth-order valence-electron chi connectivity index (χ4n) is 2.91. The second kappa shape index (κ2) is 8.15. The largest absolute Gasteiger partial charge is 0.384 e. The molecule has 116 valence electrons. The topological polar surface area (TPSA) is 32.8 Å². The van der Waals surface area contributed by atoms with E-state index in [4.69, 9.17) is 4.74 Å². The maximum Gasteiger partial charge on any atom is 0.222 e. The highest BCUT2D eigenvalue weighted by Crippen LogP contribution is 2.12. The predicted molar refractivity (Wildman–Crippen MR) is 84.2 cm³/mol. The van der Waals surface area contributed by atoms with Gasteiger partial charge in [0, 0.05) is 45.6 Å². The molecule has 1 aliphatic heterocycles. The lowest BCUT2D eigenvalue weighted by Gasteiger charge is -2.23. The average Bonchev–Trinajstić information content (AvgIpc) is 2.68. The molecule has 1 amide bonds. The molecule has 0 aromatic heterocycles. The van der Waals surface area contributed by atoms with E-state index < -0.39 is 0 Å². The summed E-state index contributed by atoms with van der Waals surface area (Å²) in [6.07, 6.45) is 1.41. The van der Waals surface area contributed by atoms with Crippen molar-refractivity contribution in [3.05, 3.63) is 35.9 Å². The maximum absolute atomic E-state index is 12.4. The summed E-state index contributed by atoms with van der Waals surface area (Å²) >= 11 is 0. The molecule has 1 aromatic carbocycles. The molecule has 1 aromatic rings. The molecule has 1 fully saturated rings. The zero-order chi connectivity index (χ0) is 15.1. The van der Waals surface area contributed by atoms with Crippen molar-refractivity contribution in [2.24, 2.45) is 5.92 Å². The minimum atomic E-state index is 0.259. The number of likely N-dealkylation sites (N-methyl/N-ethyl adjacent to an activating group) is 1.